The van der Waals surface area contributed by atoms with Gasteiger partial charge in [0.25, 0.3) is 0 Å². The van der Waals surface area contributed by atoms with Crippen LogP contribution in [-0.2, 0) is 22.6 Å². The summed E-state index contributed by atoms with van der Waals surface area (Å²) in [5, 5.41) is 4.53. The molecule has 3 rings (SSSR count). The normalized spacial score (nSPS) is 15.1. The van der Waals surface area contributed by atoms with Crippen molar-refractivity contribution in [2.24, 2.45) is 0 Å². The molecule has 160 valence electrons. The fourth-order valence-electron chi connectivity index (χ4n) is 3.76. The minimum Gasteiger partial charge on any atom is -0.352 e. The molecule has 1 atom stereocenters. The molecule has 0 aliphatic heterocycles. The SMILES string of the molecule is CC(C(=O)NC1CCCC1)N(Cc1cccc(Cl)c1)C(=O)Cc1c(Cl)cccc1Cl. The minimum absolute atomic E-state index is 0.0140. The van der Waals surface area contributed by atoms with Gasteiger partial charge in [0.1, 0.15) is 6.04 Å². The molecule has 4 nitrogen and oxygen atoms in total. The van der Waals surface area contributed by atoms with Gasteiger partial charge in [-0.1, -0.05) is 65.8 Å². The van der Waals surface area contributed by atoms with E-state index in [0.29, 0.717) is 20.6 Å². The van der Waals surface area contributed by atoms with Gasteiger partial charge in [-0.05, 0) is 55.2 Å². The highest BCUT2D eigenvalue weighted by molar-refractivity contribution is 6.36. The zero-order chi connectivity index (χ0) is 21.7. The predicted octanol–water partition coefficient (Wildman–Crippen LogP) is 5.67. The summed E-state index contributed by atoms with van der Waals surface area (Å²) >= 11 is 18.6. The van der Waals surface area contributed by atoms with E-state index in [1.54, 1.807) is 42.2 Å². The fraction of sp³-hybridized carbons (Fsp3) is 0.391. The van der Waals surface area contributed by atoms with Gasteiger partial charge in [0.2, 0.25) is 11.8 Å². The highest BCUT2D eigenvalue weighted by atomic mass is 35.5. The molecule has 7 heteroatoms. The standard InChI is InChI=1S/C23H25Cl3N2O2/c1-15(23(30)27-18-8-2-3-9-18)28(14-16-6-4-7-17(24)12-16)22(29)13-19-20(25)10-5-11-21(19)26/h4-7,10-12,15,18H,2-3,8-9,13-14H2,1H3,(H,27,30). The summed E-state index contributed by atoms with van der Waals surface area (Å²) in [7, 11) is 0. The third-order valence-electron chi connectivity index (χ3n) is 5.50. The minimum atomic E-state index is -0.640. The molecule has 1 unspecified atom stereocenters. The quantitative estimate of drug-likeness (QED) is 0.571. The van der Waals surface area contributed by atoms with Crippen molar-refractivity contribution in [3.8, 4) is 0 Å². The van der Waals surface area contributed by atoms with Crippen LogP contribution in [0.2, 0.25) is 15.1 Å². The Hall–Kier alpha value is -1.75. The maximum atomic E-state index is 13.3. The molecule has 1 aliphatic carbocycles. The Morgan fingerprint density at radius 2 is 1.70 bits per heavy atom. The van der Waals surface area contributed by atoms with Gasteiger partial charge in [-0.2, -0.15) is 0 Å². The first-order chi connectivity index (χ1) is 14.3. The first-order valence-corrected chi connectivity index (χ1v) is 11.3. The van der Waals surface area contributed by atoms with Gasteiger partial charge < -0.3 is 10.2 Å². The molecule has 0 saturated heterocycles. The fourth-order valence-corrected chi connectivity index (χ4v) is 4.50. The molecule has 0 spiro atoms. The Balaban J connectivity index is 1.82. The van der Waals surface area contributed by atoms with E-state index in [-0.39, 0.29) is 30.8 Å². The Bertz CT molecular complexity index is 893. The molecule has 2 amide bonds. The Labute approximate surface area is 192 Å². The van der Waals surface area contributed by atoms with Crippen LogP contribution in [0.1, 0.15) is 43.7 Å². The van der Waals surface area contributed by atoms with Crippen molar-refractivity contribution in [1.82, 2.24) is 10.2 Å². The van der Waals surface area contributed by atoms with Crippen LogP contribution in [0.3, 0.4) is 0 Å². The zero-order valence-corrected chi connectivity index (χ0v) is 19.1. The van der Waals surface area contributed by atoms with Gasteiger partial charge in [-0.25, -0.2) is 0 Å². The molecule has 1 fully saturated rings. The topological polar surface area (TPSA) is 49.4 Å². The number of halogens is 3. The molecule has 2 aromatic rings. The number of hydrogen-bond acceptors (Lipinski definition) is 2. The maximum absolute atomic E-state index is 13.3. The number of nitrogens with one attached hydrogen (secondary N) is 1. The second-order valence-corrected chi connectivity index (χ2v) is 8.95. The van der Waals surface area contributed by atoms with Crippen LogP contribution in [0.25, 0.3) is 0 Å². The van der Waals surface area contributed by atoms with Gasteiger partial charge in [0.05, 0.1) is 6.42 Å². The van der Waals surface area contributed by atoms with Gasteiger partial charge >= 0.3 is 0 Å². The summed E-state index contributed by atoms with van der Waals surface area (Å²) in [6.45, 7) is 2.02. The first-order valence-electron chi connectivity index (χ1n) is 10.1. The molecule has 30 heavy (non-hydrogen) atoms. The predicted molar refractivity (Wildman–Crippen MR) is 122 cm³/mol. The van der Waals surface area contributed by atoms with E-state index in [2.05, 4.69) is 5.32 Å². The van der Waals surface area contributed by atoms with Crippen LogP contribution >= 0.6 is 34.8 Å². The number of nitrogens with zero attached hydrogens (tertiary/aromatic N) is 1. The van der Waals surface area contributed by atoms with E-state index < -0.39 is 6.04 Å². The Morgan fingerprint density at radius 1 is 1.07 bits per heavy atom. The molecule has 0 aromatic heterocycles. The smallest absolute Gasteiger partial charge is 0.242 e. The molecule has 0 bridgehead atoms. The third-order valence-corrected chi connectivity index (χ3v) is 6.44. The number of rotatable bonds is 7. The monoisotopic (exact) mass is 466 g/mol. The van der Waals surface area contributed by atoms with E-state index in [0.717, 1.165) is 31.2 Å². The highest BCUT2D eigenvalue weighted by Gasteiger charge is 2.29. The Morgan fingerprint density at radius 3 is 2.33 bits per heavy atom. The average Bonchev–Trinajstić information content (AvgIpc) is 3.21. The molecule has 0 heterocycles. The van der Waals surface area contributed by atoms with Gasteiger partial charge in [-0.3, -0.25) is 9.59 Å². The van der Waals surface area contributed by atoms with Crippen molar-refractivity contribution >= 4 is 46.6 Å². The lowest BCUT2D eigenvalue weighted by atomic mass is 10.1. The molecular formula is C23H25Cl3N2O2. The van der Waals surface area contributed by atoms with Crippen LogP contribution in [0.4, 0.5) is 0 Å². The molecule has 2 aromatic carbocycles. The van der Waals surface area contributed by atoms with Crippen LogP contribution in [0.15, 0.2) is 42.5 Å². The van der Waals surface area contributed by atoms with Crippen molar-refractivity contribution in [3.63, 3.8) is 0 Å². The summed E-state index contributed by atoms with van der Waals surface area (Å²) < 4.78 is 0. The van der Waals surface area contributed by atoms with Crippen molar-refractivity contribution < 1.29 is 9.59 Å². The number of carbonyl (C=O) groups excluding carboxylic acids is 2. The van der Waals surface area contributed by atoms with E-state index in [9.17, 15) is 9.59 Å². The van der Waals surface area contributed by atoms with E-state index in [1.807, 2.05) is 12.1 Å². The van der Waals surface area contributed by atoms with Crippen LogP contribution in [-0.4, -0.2) is 28.8 Å². The lowest BCUT2D eigenvalue weighted by molar-refractivity contribution is -0.140. The lowest BCUT2D eigenvalue weighted by Crippen LogP contribution is -2.50. The number of carbonyl (C=O) groups is 2. The first kappa shape index (κ1) is 22.9. The second kappa shape index (κ2) is 10.5. The van der Waals surface area contributed by atoms with Gasteiger partial charge in [-0.15, -0.1) is 0 Å². The molecule has 1 N–H and O–H groups in total. The maximum Gasteiger partial charge on any atom is 0.242 e. The summed E-state index contributed by atoms with van der Waals surface area (Å²) in [6.07, 6.45) is 4.22. The van der Waals surface area contributed by atoms with Crippen molar-refractivity contribution in [2.45, 2.75) is 57.7 Å². The third kappa shape index (κ3) is 5.90. The molecule has 1 aliphatic rings. The number of amides is 2. The zero-order valence-electron chi connectivity index (χ0n) is 16.8. The number of benzene rings is 2. The molecule has 1 saturated carbocycles. The van der Waals surface area contributed by atoms with E-state index in [1.165, 1.54) is 0 Å². The van der Waals surface area contributed by atoms with Crippen molar-refractivity contribution in [3.05, 3.63) is 68.7 Å². The summed E-state index contributed by atoms with van der Waals surface area (Å²) in [5.41, 5.74) is 1.41. The molecular weight excluding hydrogens is 443 g/mol. The average molecular weight is 468 g/mol. The van der Waals surface area contributed by atoms with Gasteiger partial charge in [0.15, 0.2) is 0 Å². The van der Waals surface area contributed by atoms with Crippen LogP contribution < -0.4 is 5.32 Å². The van der Waals surface area contributed by atoms with Crippen molar-refractivity contribution in [2.75, 3.05) is 0 Å². The van der Waals surface area contributed by atoms with Crippen LogP contribution in [0.5, 0.6) is 0 Å². The van der Waals surface area contributed by atoms with Crippen molar-refractivity contribution in [1.29, 1.82) is 0 Å². The van der Waals surface area contributed by atoms with Gasteiger partial charge in [0, 0.05) is 27.7 Å². The largest absolute Gasteiger partial charge is 0.352 e. The number of hydrogen-bond donors (Lipinski definition) is 1. The lowest BCUT2D eigenvalue weighted by Gasteiger charge is -2.30. The molecule has 0 radical (unpaired) electrons. The van der Waals surface area contributed by atoms with Crippen LogP contribution in [0, 0.1) is 0 Å². The second-order valence-electron chi connectivity index (χ2n) is 7.69. The summed E-state index contributed by atoms with van der Waals surface area (Å²) in [4.78, 5) is 27.8. The highest BCUT2D eigenvalue weighted by Crippen LogP contribution is 2.26. The van der Waals surface area contributed by atoms with E-state index >= 15 is 0 Å². The summed E-state index contributed by atoms with van der Waals surface area (Å²) in [6, 6.07) is 12.0. The summed E-state index contributed by atoms with van der Waals surface area (Å²) in [5.74, 6) is -0.374. The Kier molecular flexibility index (Phi) is 8.04. The van der Waals surface area contributed by atoms with E-state index in [4.69, 9.17) is 34.8 Å².